The van der Waals surface area contributed by atoms with Crippen LogP contribution in [0, 0.1) is 6.92 Å². The second kappa shape index (κ2) is 7.76. The molecule has 0 fully saturated rings. The number of rotatable bonds is 7. The molecule has 0 aromatic heterocycles. The summed E-state index contributed by atoms with van der Waals surface area (Å²) in [4.78, 5) is 11.6. The summed E-state index contributed by atoms with van der Waals surface area (Å²) in [7, 11) is 1.51. The van der Waals surface area contributed by atoms with Gasteiger partial charge in [-0.1, -0.05) is 17.7 Å². The van der Waals surface area contributed by atoms with Gasteiger partial charge in [-0.25, -0.2) is 0 Å². The second-order valence-corrected chi connectivity index (χ2v) is 4.60. The van der Waals surface area contributed by atoms with Gasteiger partial charge in [-0.2, -0.15) is 0 Å². The van der Waals surface area contributed by atoms with E-state index in [2.05, 4.69) is 5.32 Å². The molecule has 1 aromatic rings. The molecule has 0 aliphatic heterocycles. The Morgan fingerprint density at radius 3 is 2.53 bits per heavy atom. The lowest BCUT2D eigenvalue weighted by atomic mass is 10.2. The van der Waals surface area contributed by atoms with Crippen LogP contribution in [0.5, 0.6) is 5.75 Å². The molecule has 5 nitrogen and oxygen atoms in total. The highest BCUT2D eigenvalue weighted by molar-refractivity contribution is 5.81. The lowest BCUT2D eigenvalue weighted by Crippen LogP contribution is -2.48. The third kappa shape index (κ3) is 5.72. The van der Waals surface area contributed by atoms with Crippen LogP contribution in [0.1, 0.15) is 12.5 Å². The third-order valence-electron chi connectivity index (χ3n) is 2.59. The molecule has 0 spiro atoms. The van der Waals surface area contributed by atoms with Gasteiger partial charge in [0.05, 0.1) is 12.6 Å². The molecule has 0 bridgehead atoms. The number of nitrogens with two attached hydrogens (primary N) is 1. The molecule has 2 atom stereocenters. The molecule has 2 unspecified atom stereocenters. The van der Waals surface area contributed by atoms with Crippen molar-refractivity contribution in [3.63, 3.8) is 0 Å². The van der Waals surface area contributed by atoms with Gasteiger partial charge in [-0.3, -0.25) is 4.79 Å². The average Bonchev–Trinajstić information content (AvgIpc) is 2.38. The minimum atomic E-state index is -0.646. The van der Waals surface area contributed by atoms with Crippen LogP contribution in [0.4, 0.5) is 0 Å². The van der Waals surface area contributed by atoms with E-state index in [9.17, 15) is 4.79 Å². The molecule has 0 saturated heterocycles. The molecule has 3 N–H and O–H groups in total. The molecule has 0 aliphatic carbocycles. The smallest absolute Gasteiger partial charge is 0.239 e. The van der Waals surface area contributed by atoms with Crippen LogP contribution in [0.25, 0.3) is 0 Å². The maximum atomic E-state index is 11.6. The molecule has 1 aromatic carbocycles. The second-order valence-electron chi connectivity index (χ2n) is 4.60. The van der Waals surface area contributed by atoms with Crippen molar-refractivity contribution in [1.29, 1.82) is 0 Å². The van der Waals surface area contributed by atoms with Crippen molar-refractivity contribution in [2.24, 2.45) is 5.73 Å². The summed E-state index contributed by atoms with van der Waals surface area (Å²) in [6.45, 7) is 4.49. The first-order chi connectivity index (χ1) is 9.02. The Balaban J connectivity index is 2.33. The summed E-state index contributed by atoms with van der Waals surface area (Å²) >= 11 is 0. The number of carbonyl (C=O) groups is 1. The normalized spacial score (nSPS) is 13.7. The Hall–Kier alpha value is -1.59. The monoisotopic (exact) mass is 266 g/mol. The quantitative estimate of drug-likeness (QED) is 0.767. The van der Waals surface area contributed by atoms with Crippen LogP contribution in [0.3, 0.4) is 0 Å². The minimum absolute atomic E-state index is 0.114. The van der Waals surface area contributed by atoms with Gasteiger partial charge in [0.25, 0.3) is 0 Å². The molecular weight excluding hydrogens is 244 g/mol. The van der Waals surface area contributed by atoms with E-state index in [1.165, 1.54) is 12.7 Å². The zero-order chi connectivity index (χ0) is 14.3. The van der Waals surface area contributed by atoms with Gasteiger partial charge in [-0.05, 0) is 26.0 Å². The SMILES string of the molecule is COCC(N)C(=O)NC(C)COc1ccc(C)cc1. The van der Waals surface area contributed by atoms with E-state index in [1.54, 1.807) is 0 Å². The highest BCUT2D eigenvalue weighted by Crippen LogP contribution is 2.11. The summed E-state index contributed by atoms with van der Waals surface area (Å²) in [6, 6.07) is 7.00. The van der Waals surface area contributed by atoms with Crippen LogP contribution in [-0.4, -0.2) is 38.3 Å². The first kappa shape index (κ1) is 15.5. The minimum Gasteiger partial charge on any atom is -0.491 e. The van der Waals surface area contributed by atoms with Crippen LogP contribution in [-0.2, 0) is 9.53 Å². The summed E-state index contributed by atoms with van der Waals surface area (Å²) in [5, 5.41) is 2.78. The van der Waals surface area contributed by atoms with Crippen molar-refractivity contribution in [1.82, 2.24) is 5.32 Å². The van der Waals surface area contributed by atoms with Crippen LogP contribution in [0.2, 0.25) is 0 Å². The molecule has 19 heavy (non-hydrogen) atoms. The Labute approximate surface area is 114 Å². The lowest BCUT2D eigenvalue weighted by molar-refractivity contribution is -0.124. The van der Waals surface area contributed by atoms with E-state index in [0.29, 0.717) is 6.61 Å². The fourth-order valence-corrected chi connectivity index (χ4v) is 1.50. The maximum Gasteiger partial charge on any atom is 0.239 e. The predicted molar refractivity (Wildman–Crippen MR) is 74.1 cm³/mol. The summed E-state index contributed by atoms with van der Waals surface area (Å²) in [5.74, 6) is 0.551. The number of hydrogen-bond donors (Lipinski definition) is 2. The van der Waals surface area contributed by atoms with Crippen molar-refractivity contribution in [3.8, 4) is 5.75 Å². The molecule has 1 amide bonds. The number of hydrogen-bond acceptors (Lipinski definition) is 4. The van der Waals surface area contributed by atoms with Crippen molar-refractivity contribution in [3.05, 3.63) is 29.8 Å². The van der Waals surface area contributed by atoms with Crippen LogP contribution < -0.4 is 15.8 Å². The van der Waals surface area contributed by atoms with E-state index in [4.69, 9.17) is 15.2 Å². The van der Waals surface area contributed by atoms with Gasteiger partial charge in [0.1, 0.15) is 18.4 Å². The Morgan fingerprint density at radius 1 is 1.32 bits per heavy atom. The van der Waals surface area contributed by atoms with Crippen molar-refractivity contribution in [2.45, 2.75) is 25.9 Å². The number of aryl methyl sites for hydroxylation is 1. The zero-order valence-corrected chi connectivity index (χ0v) is 11.7. The van der Waals surface area contributed by atoms with E-state index >= 15 is 0 Å². The number of amides is 1. The number of benzene rings is 1. The fraction of sp³-hybridized carbons (Fsp3) is 0.500. The van der Waals surface area contributed by atoms with E-state index in [1.807, 2.05) is 38.1 Å². The van der Waals surface area contributed by atoms with Crippen molar-refractivity contribution >= 4 is 5.91 Å². The van der Waals surface area contributed by atoms with E-state index in [0.717, 1.165) is 5.75 Å². The van der Waals surface area contributed by atoms with Crippen molar-refractivity contribution in [2.75, 3.05) is 20.3 Å². The molecule has 106 valence electrons. The number of ether oxygens (including phenoxy) is 2. The molecule has 5 heteroatoms. The maximum absolute atomic E-state index is 11.6. The molecular formula is C14H22N2O3. The number of nitrogens with one attached hydrogen (secondary N) is 1. The van der Waals surface area contributed by atoms with E-state index < -0.39 is 6.04 Å². The highest BCUT2D eigenvalue weighted by Gasteiger charge is 2.15. The Morgan fingerprint density at radius 2 is 1.95 bits per heavy atom. The first-order valence-corrected chi connectivity index (χ1v) is 6.27. The fourth-order valence-electron chi connectivity index (χ4n) is 1.50. The van der Waals surface area contributed by atoms with Gasteiger partial charge >= 0.3 is 0 Å². The summed E-state index contributed by atoms with van der Waals surface area (Å²) < 4.78 is 10.4. The molecule has 0 heterocycles. The van der Waals surface area contributed by atoms with Crippen LogP contribution >= 0.6 is 0 Å². The van der Waals surface area contributed by atoms with Gasteiger partial charge in [-0.15, -0.1) is 0 Å². The average molecular weight is 266 g/mol. The van der Waals surface area contributed by atoms with Gasteiger partial charge in [0.2, 0.25) is 5.91 Å². The van der Waals surface area contributed by atoms with Gasteiger partial charge in [0, 0.05) is 7.11 Å². The third-order valence-corrected chi connectivity index (χ3v) is 2.59. The Kier molecular flexibility index (Phi) is 6.32. The standard InChI is InChI=1S/C14H22N2O3/c1-10-4-6-12(7-5-10)19-8-11(2)16-14(17)13(15)9-18-3/h4-7,11,13H,8-9,15H2,1-3H3,(H,16,17). The van der Waals surface area contributed by atoms with Crippen LogP contribution in [0.15, 0.2) is 24.3 Å². The van der Waals surface area contributed by atoms with Gasteiger partial charge in [0.15, 0.2) is 0 Å². The highest BCUT2D eigenvalue weighted by atomic mass is 16.5. The number of carbonyl (C=O) groups excluding carboxylic acids is 1. The predicted octanol–water partition coefficient (Wildman–Crippen LogP) is 0.852. The number of methoxy groups -OCH3 is 1. The van der Waals surface area contributed by atoms with Gasteiger partial charge < -0.3 is 20.5 Å². The summed E-state index contributed by atoms with van der Waals surface area (Å²) in [6.07, 6.45) is 0. The molecule has 1 rings (SSSR count). The molecule has 0 aliphatic rings. The largest absolute Gasteiger partial charge is 0.491 e. The van der Waals surface area contributed by atoms with E-state index in [-0.39, 0.29) is 18.6 Å². The van der Waals surface area contributed by atoms with Crippen molar-refractivity contribution < 1.29 is 14.3 Å². The Bertz CT molecular complexity index is 392. The topological polar surface area (TPSA) is 73.6 Å². The zero-order valence-electron chi connectivity index (χ0n) is 11.7. The molecule has 0 radical (unpaired) electrons. The lowest BCUT2D eigenvalue weighted by Gasteiger charge is -2.17. The first-order valence-electron chi connectivity index (χ1n) is 6.27. The summed E-state index contributed by atoms with van der Waals surface area (Å²) in [5.41, 5.74) is 6.80. The molecule has 0 saturated carbocycles.